The second-order valence-corrected chi connectivity index (χ2v) is 7.41. The number of aromatic nitrogens is 4. The summed E-state index contributed by atoms with van der Waals surface area (Å²) >= 11 is 0. The zero-order valence-electron chi connectivity index (χ0n) is 17.7. The number of nitrogens with zero attached hydrogens (tertiary/aromatic N) is 4. The van der Waals surface area contributed by atoms with Crippen molar-refractivity contribution in [2.75, 3.05) is 0 Å². The van der Waals surface area contributed by atoms with E-state index in [1.807, 2.05) is 18.2 Å². The van der Waals surface area contributed by atoms with Gasteiger partial charge in [-0.3, -0.25) is 9.59 Å². The highest BCUT2D eigenvalue weighted by atomic mass is 19.4. The minimum Gasteiger partial charge on any atom is -0.406 e. The third-order valence-corrected chi connectivity index (χ3v) is 4.63. The zero-order chi connectivity index (χ0) is 24.3. The fourth-order valence-corrected chi connectivity index (χ4v) is 3.23. The van der Waals surface area contributed by atoms with E-state index in [0.29, 0.717) is 12.0 Å². The van der Waals surface area contributed by atoms with E-state index in [4.69, 9.17) is 4.52 Å². The quantitative estimate of drug-likeness (QED) is 0.402. The number of ketones is 1. The molecular weight excluding hydrogens is 453 g/mol. The molecule has 4 aromatic rings. The molecule has 2 heterocycles. The normalized spacial score (nSPS) is 11.4. The van der Waals surface area contributed by atoms with Crippen LogP contribution in [-0.2, 0) is 17.8 Å². The molecule has 0 amide bonds. The maximum atomic E-state index is 12.3. The van der Waals surface area contributed by atoms with Gasteiger partial charge in [0.05, 0.1) is 6.54 Å². The fraction of sp³-hybridized carbons (Fsp3) is 0.174. The van der Waals surface area contributed by atoms with Crippen LogP contribution in [0.25, 0.3) is 23.0 Å². The average molecular weight is 470 g/mol. The minimum atomic E-state index is -4.79. The molecule has 0 spiro atoms. The molecule has 0 aliphatic rings. The van der Waals surface area contributed by atoms with Crippen LogP contribution in [0.1, 0.15) is 18.1 Å². The number of hydrogen-bond donors (Lipinski definition) is 0. The summed E-state index contributed by atoms with van der Waals surface area (Å²) in [4.78, 5) is 27.9. The molecule has 2 aromatic carbocycles. The van der Waals surface area contributed by atoms with Crippen LogP contribution >= 0.6 is 0 Å². The molecule has 0 bridgehead atoms. The topological polar surface area (TPSA) is 100 Å². The number of rotatable bonds is 7. The van der Waals surface area contributed by atoms with Gasteiger partial charge in [-0.2, -0.15) is 10.1 Å². The molecular formula is C23H17F3N4O4. The second kappa shape index (κ2) is 9.30. The molecule has 0 unspecified atom stereocenters. The molecule has 2 aromatic heterocycles. The van der Waals surface area contributed by atoms with Crippen LogP contribution in [0.3, 0.4) is 0 Å². The van der Waals surface area contributed by atoms with E-state index < -0.39 is 6.36 Å². The monoisotopic (exact) mass is 470 g/mol. The van der Waals surface area contributed by atoms with E-state index in [1.165, 1.54) is 35.9 Å². The summed E-state index contributed by atoms with van der Waals surface area (Å²) < 4.78 is 47.3. The number of Topliss-reactive ketones (excluding diaryl/α,β-unsaturated/α-hetero) is 1. The number of halogens is 3. The molecule has 0 saturated carbocycles. The van der Waals surface area contributed by atoms with E-state index in [1.54, 1.807) is 6.07 Å². The molecule has 174 valence electrons. The summed E-state index contributed by atoms with van der Waals surface area (Å²) in [6, 6.07) is 15.0. The number of benzene rings is 2. The average Bonchev–Trinajstić information content (AvgIpc) is 3.25. The first kappa shape index (κ1) is 22.9. The van der Waals surface area contributed by atoms with Gasteiger partial charge in [-0.1, -0.05) is 29.4 Å². The van der Waals surface area contributed by atoms with Gasteiger partial charge in [0, 0.05) is 18.1 Å². The van der Waals surface area contributed by atoms with Crippen LogP contribution in [-0.4, -0.2) is 32.1 Å². The van der Waals surface area contributed by atoms with Crippen molar-refractivity contribution in [2.24, 2.45) is 0 Å². The lowest BCUT2D eigenvalue weighted by molar-refractivity contribution is -0.274. The van der Waals surface area contributed by atoms with Gasteiger partial charge in [0.15, 0.2) is 0 Å². The molecule has 4 rings (SSSR count). The van der Waals surface area contributed by atoms with Gasteiger partial charge in [0.1, 0.15) is 17.2 Å². The Morgan fingerprint density at radius 1 is 1.06 bits per heavy atom. The number of ether oxygens (including phenoxy) is 1. The molecule has 8 nitrogen and oxygen atoms in total. The van der Waals surface area contributed by atoms with Crippen LogP contribution in [0.4, 0.5) is 13.2 Å². The highest BCUT2D eigenvalue weighted by Gasteiger charge is 2.31. The van der Waals surface area contributed by atoms with Crippen LogP contribution in [0.5, 0.6) is 5.75 Å². The largest absolute Gasteiger partial charge is 0.573 e. The molecule has 0 saturated heterocycles. The van der Waals surface area contributed by atoms with Crippen molar-refractivity contribution in [1.82, 2.24) is 19.9 Å². The van der Waals surface area contributed by atoms with Crippen molar-refractivity contribution in [1.29, 1.82) is 0 Å². The highest BCUT2D eigenvalue weighted by molar-refractivity contribution is 5.78. The van der Waals surface area contributed by atoms with Crippen LogP contribution in [0, 0.1) is 0 Å². The van der Waals surface area contributed by atoms with Crippen LogP contribution < -0.4 is 10.3 Å². The summed E-state index contributed by atoms with van der Waals surface area (Å²) in [6.07, 6.45) is -4.49. The lowest BCUT2D eigenvalue weighted by Gasteiger charge is -2.08. The van der Waals surface area contributed by atoms with Gasteiger partial charge < -0.3 is 9.26 Å². The van der Waals surface area contributed by atoms with Gasteiger partial charge in [0.2, 0.25) is 5.82 Å². The first-order valence-electron chi connectivity index (χ1n) is 10.0. The van der Waals surface area contributed by atoms with E-state index in [-0.39, 0.29) is 41.0 Å². The van der Waals surface area contributed by atoms with Gasteiger partial charge in [0.25, 0.3) is 11.4 Å². The Kier molecular flexibility index (Phi) is 6.26. The molecule has 34 heavy (non-hydrogen) atoms. The maximum Gasteiger partial charge on any atom is 0.573 e. The smallest absolute Gasteiger partial charge is 0.406 e. The van der Waals surface area contributed by atoms with E-state index in [2.05, 4.69) is 20.0 Å². The number of carbonyl (C=O) groups excluding carboxylic acids is 1. The Bertz CT molecular complexity index is 1380. The Balaban J connectivity index is 1.55. The lowest BCUT2D eigenvalue weighted by atomic mass is 10.1. The Hall–Kier alpha value is -4.28. The third kappa shape index (κ3) is 5.74. The maximum absolute atomic E-state index is 12.3. The summed E-state index contributed by atoms with van der Waals surface area (Å²) in [6.45, 7) is 1.67. The Labute approximate surface area is 190 Å². The number of carbonyl (C=O) groups is 1. The molecule has 0 aliphatic carbocycles. The first-order valence-corrected chi connectivity index (χ1v) is 10.0. The third-order valence-electron chi connectivity index (χ3n) is 4.63. The van der Waals surface area contributed by atoms with Crippen molar-refractivity contribution < 1.29 is 27.2 Å². The molecule has 0 N–H and O–H groups in total. The summed E-state index contributed by atoms with van der Waals surface area (Å²) in [5.74, 6) is -0.181. The van der Waals surface area contributed by atoms with Gasteiger partial charge in [-0.05, 0) is 48.4 Å². The number of hydrogen-bond acceptors (Lipinski definition) is 7. The molecule has 11 heteroatoms. The number of alkyl halides is 3. The molecule has 0 atom stereocenters. The lowest BCUT2D eigenvalue weighted by Crippen LogP contribution is -2.23. The summed E-state index contributed by atoms with van der Waals surface area (Å²) in [7, 11) is 0. The van der Waals surface area contributed by atoms with E-state index in [0.717, 1.165) is 23.3 Å². The van der Waals surface area contributed by atoms with Crippen molar-refractivity contribution in [3.8, 4) is 28.7 Å². The van der Waals surface area contributed by atoms with Crippen LogP contribution in [0.2, 0.25) is 0 Å². The summed E-state index contributed by atoms with van der Waals surface area (Å²) in [5, 5.41) is 8.12. The SMILES string of the molecule is CC(=O)Cc1cccc(Cn2nc(-c3nc(-c4ccc(OC(F)(F)F)cc4)no3)ccc2=O)c1. The van der Waals surface area contributed by atoms with E-state index >= 15 is 0 Å². The molecule has 0 radical (unpaired) electrons. The Morgan fingerprint density at radius 3 is 2.50 bits per heavy atom. The fourth-order valence-electron chi connectivity index (χ4n) is 3.23. The van der Waals surface area contributed by atoms with Crippen LogP contribution in [0.15, 0.2) is 70.0 Å². The minimum absolute atomic E-state index is 0.0316. The van der Waals surface area contributed by atoms with Crippen molar-refractivity contribution >= 4 is 5.78 Å². The van der Waals surface area contributed by atoms with E-state index in [9.17, 15) is 22.8 Å². The first-order chi connectivity index (χ1) is 16.2. The molecule has 0 aliphatic heterocycles. The van der Waals surface area contributed by atoms with Crippen molar-refractivity contribution in [3.63, 3.8) is 0 Å². The van der Waals surface area contributed by atoms with Gasteiger partial charge in [-0.15, -0.1) is 13.2 Å². The summed E-state index contributed by atoms with van der Waals surface area (Å²) in [5.41, 5.74) is 1.93. The van der Waals surface area contributed by atoms with Crippen molar-refractivity contribution in [2.45, 2.75) is 26.3 Å². The van der Waals surface area contributed by atoms with Gasteiger partial charge in [-0.25, -0.2) is 4.68 Å². The standard InChI is InChI=1S/C23H17F3N4O4/c1-14(31)11-15-3-2-4-16(12-15)13-30-20(32)10-9-19(28-30)22-27-21(29-34-22)17-5-7-18(8-6-17)33-23(24,25)26/h2-10,12H,11,13H2,1H3. The Morgan fingerprint density at radius 2 is 1.79 bits per heavy atom. The van der Waals surface area contributed by atoms with Gasteiger partial charge >= 0.3 is 6.36 Å². The highest BCUT2D eigenvalue weighted by Crippen LogP contribution is 2.26. The zero-order valence-corrected chi connectivity index (χ0v) is 17.7. The van der Waals surface area contributed by atoms with Crippen molar-refractivity contribution in [3.05, 3.63) is 82.1 Å². The second-order valence-electron chi connectivity index (χ2n) is 7.41. The molecule has 0 fully saturated rings. The predicted molar refractivity (Wildman–Crippen MR) is 114 cm³/mol. The predicted octanol–water partition coefficient (Wildman–Crippen LogP) is 4.04.